The minimum absolute atomic E-state index is 0.713. The predicted molar refractivity (Wildman–Crippen MR) is 54.9 cm³/mol. The van der Waals surface area contributed by atoms with E-state index in [4.69, 9.17) is 0 Å². The minimum Gasteiger partial charge on any atom is -0.359 e. The summed E-state index contributed by atoms with van der Waals surface area (Å²) in [5.41, 5.74) is 0. The number of nitrogens with one attached hydrogen (secondary N) is 3. The zero-order valence-electron chi connectivity index (χ0n) is 8.42. The number of carbonyl (C=O) groups excluding carboxylic acids is 2. The van der Waals surface area contributed by atoms with Gasteiger partial charge in [-0.25, -0.2) is 0 Å². The summed E-state index contributed by atoms with van der Waals surface area (Å²) in [5, 5.41) is 8.46. The van der Waals surface area contributed by atoms with Crippen LogP contribution < -0.4 is 16.0 Å². The lowest BCUT2D eigenvalue weighted by atomic mass is 10.3. The highest BCUT2D eigenvalue weighted by atomic mass is 16.1. The van der Waals surface area contributed by atoms with Gasteiger partial charge in [-0.3, -0.25) is 9.59 Å². The molecule has 0 aliphatic heterocycles. The SMILES string of the molecule is O=CNCCCCNCCCNC=O. The Morgan fingerprint density at radius 1 is 0.714 bits per heavy atom. The second-order valence-corrected chi connectivity index (χ2v) is 2.95. The number of carbonyl (C=O) groups is 2. The smallest absolute Gasteiger partial charge is 0.207 e. The maximum absolute atomic E-state index is 9.88. The largest absolute Gasteiger partial charge is 0.359 e. The molecule has 0 aromatic heterocycles. The number of hydrogen-bond acceptors (Lipinski definition) is 3. The molecule has 0 spiro atoms. The van der Waals surface area contributed by atoms with E-state index in [-0.39, 0.29) is 0 Å². The van der Waals surface area contributed by atoms with Crippen LogP contribution in [0.2, 0.25) is 0 Å². The number of amides is 2. The molecular weight excluding hydrogens is 182 g/mol. The number of unbranched alkanes of at least 4 members (excludes halogenated alkanes) is 1. The first-order valence-electron chi connectivity index (χ1n) is 4.96. The molecule has 3 N–H and O–H groups in total. The molecule has 82 valence electrons. The molecule has 0 saturated carbocycles. The van der Waals surface area contributed by atoms with Gasteiger partial charge in [0.1, 0.15) is 0 Å². The van der Waals surface area contributed by atoms with Gasteiger partial charge in [-0.2, -0.15) is 0 Å². The van der Waals surface area contributed by atoms with E-state index in [1.165, 1.54) is 0 Å². The Labute approximate surface area is 84.6 Å². The molecule has 0 saturated heterocycles. The van der Waals surface area contributed by atoms with Crippen LogP contribution in [0.4, 0.5) is 0 Å². The van der Waals surface area contributed by atoms with Crippen molar-refractivity contribution in [2.24, 2.45) is 0 Å². The molecule has 5 heteroatoms. The highest BCUT2D eigenvalue weighted by molar-refractivity contribution is 5.45. The molecule has 0 bridgehead atoms. The van der Waals surface area contributed by atoms with Gasteiger partial charge in [0.25, 0.3) is 0 Å². The van der Waals surface area contributed by atoms with Crippen LogP contribution in [0, 0.1) is 0 Å². The molecule has 5 nitrogen and oxygen atoms in total. The molecular formula is C9H19N3O2. The Hall–Kier alpha value is -1.10. The summed E-state index contributed by atoms with van der Waals surface area (Å²) in [6.07, 6.45) is 4.44. The van der Waals surface area contributed by atoms with Crippen LogP contribution in [0.15, 0.2) is 0 Å². The van der Waals surface area contributed by atoms with Gasteiger partial charge < -0.3 is 16.0 Å². The summed E-state index contributed by atoms with van der Waals surface area (Å²) in [6, 6.07) is 0. The van der Waals surface area contributed by atoms with Gasteiger partial charge in [-0.15, -0.1) is 0 Å². The summed E-state index contributed by atoms with van der Waals surface area (Å²) in [7, 11) is 0. The zero-order chi connectivity index (χ0) is 10.5. The van der Waals surface area contributed by atoms with Crippen molar-refractivity contribution >= 4 is 12.8 Å². The fourth-order valence-electron chi connectivity index (χ4n) is 1.04. The van der Waals surface area contributed by atoms with E-state index in [1.54, 1.807) is 0 Å². The molecule has 0 unspecified atom stereocenters. The van der Waals surface area contributed by atoms with Crippen LogP contribution in [-0.4, -0.2) is 39.0 Å². The average Bonchev–Trinajstić information content (AvgIpc) is 2.21. The van der Waals surface area contributed by atoms with Gasteiger partial charge in [0, 0.05) is 13.1 Å². The number of hydrogen-bond donors (Lipinski definition) is 3. The van der Waals surface area contributed by atoms with E-state index >= 15 is 0 Å². The first-order chi connectivity index (χ1) is 6.91. The molecule has 0 aromatic carbocycles. The van der Waals surface area contributed by atoms with Crippen molar-refractivity contribution < 1.29 is 9.59 Å². The topological polar surface area (TPSA) is 70.2 Å². The van der Waals surface area contributed by atoms with Crippen molar-refractivity contribution in [1.29, 1.82) is 0 Å². The van der Waals surface area contributed by atoms with Gasteiger partial charge in [-0.1, -0.05) is 0 Å². The first-order valence-corrected chi connectivity index (χ1v) is 4.96. The van der Waals surface area contributed by atoms with E-state index in [9.17, 15) is 9.59 Å². The van der Waals surface area contributed by atoms with Crippen molar-refractivity contribution in [3.05, 3.63) is 0 Å². The standard InChI is InChI=1S/C9H19N3O2/c13-8-11-5-2-1-4-10-6-3-7-12-9-14/h8-10H,1-7H2,(H,11,13)(H,12,14). The van der Waals surface area contributed by atoms with Crippen molar-refractivity contribution in [3.63, 3.8) is 0 Å². The van der Waals surface area contributed by atoms with Crippen LogP contribution in [0.25, 0.3) is 0 Å². The lowest BCUT2D eigenvalue weighted by Gasteiger charge is -2.03. The molecule has 0 radical (unpaired) electrons. The molecule has 0 atom stereocenters. The summed E-state index contributed by atoms with van der Waals surface area (Å²) in [5.74, 6) is 0. The molecule has 0 aromatic rings. The first kappa shape index (κ1) is 12.9. The van der Waals surface area contributed by atoms with E-state index in [0.717, 1.165) is 51.9 Å². The van der Waals surface area contributed by atoms with Crippen LogP contribution in [-0.2, 0) is 9.59 Å². The van der Waals surface area contributed by atoms with Gasteiger partial charge in [0.05, 0.1) is 0 Å². The molecule has 0 fully saturated rings. The van der Waals surface area contributed by atoms with Gasteiger partial charge in [0.15, 0.2) is 0 Å². The number of rotatable bonds is 11. The van der Waals surface area contributed by atoms with E-state index in [2.05, 4.69) is 16.0 Å². The Bertz CT molecular complexity index is 126. The third-order valence-corrected chi connectivity index (χ3v) is 1.77. The fourth-order valence-corrected chi connectivity index (χ4v) is 1.04. The average molecular weight is 201 g/mol. The van der Waals surface area contributed by atoms with Crippen LogP contribution >= 0.6 is 0 Å². The third-order valence-electron chi connectivity index (χ3n) is 1.77. The molecule has 0 rings (SSSR count). The second kappa shape index (κ2) is 11.9. The summed E-state index contributed by atoms with van der Waals surface area (Å²) in [6.45, 7) is 3.35. The third kappa shape index (κ3) is 10.9. The van der Waals surface area contributed by atoms with Crippen molar-refractivity contribution in [2.75, 3.05) is 26.2 Å². The van der Waals surface area contributed by atoms with Gasteiger partial charge in [0.2, 0.25) is 12.8 Å². The maximum atomic E-state index is 9.88. The zero-order valence-corrected chi connectivity index (χ0v) is 8.42. The minimum atomic E-state index is 0.713. The Morgan fingerprint density at radius 3 is 1.86 bits per heavy atom. The van der Waals surface area contributed by atoms with E-state index < -0.39 is 0 Å². The quantitative estimate of drug-likeness (QED) is 0.304. The second-order valence-electron chi connectivity index (χ2n) is 2.95. The van der Waals surface area contributed by atoms with Crippen LogP contribution in [0.3, 0.4) is 0 Å². The molecule has 0 heterocycles. The molecule has 0 aliphatic rings. The molecule has 14 heavy (non-hydrogen) atoms. The van der Waals surface area contributed by atoms with Crippen molar-refractivity contribution in [1.82, 2.24) is 16.0 Å². The monoisotopic (exact) mass is 201 g/mol. The Morgan fingerprint density at radius 2 is 1.21 bits per heavy atom. The Balaban J connectivity index is 2.84. The predicted octanol–water partition coefficient (Wildman–Crippen LogP) is -0.762. The van der Waals surface area contributed by atoms with Crippen LogP contribution in [0.5, 0.6) is 0 Å². The molecule has 0 aliphatic carbocycles. The highest BCUT2D eigenvalue weighted by Gasteiger charge is 1.89. The normalized spacial score (nSPS) is 9.43. The van der Waals surface area contributed by atoms with E-state index in [1.807, 2.05) is 0 Å². The maximum Gasteiger partial charge on any atom is 0.207 e. The molecule has 2 amide bonds. The lowest BCUT2D eigenvalue weighted by Crippen LogP contribution is -2.22. The highest BCUT2D eigenvalue weighted by Crippen LogP contribution is 1.83. The van der Waals surface area contributed by atoms with Gasteiger partial charge >= 0.3 is 0 Å². The fraction of sp³-hybridized carbons (Fsp3) is 0.778. The summed E-state index contributed by atoms with van der Waals surface area (Å²) < 4.78 is 0. The van der Waals surface area contributed by atoms with Crippen molar-refractivity contribution in [2.45, 2.75) is 19.3 Å². The summed E-state index contributed by atoms with van der Waals surface area (Å²) >= 11 is 0. The van der Waals surface area contributed by atoms with E-state index in [0.29, 0.717) is 6.41 Å². The van der Waals surface area contributed by atoms with Crippen molar-refractivity contribution in [3.8, 4) is 0 Å². The lowest BCUT2D eigenvalue weighted by molar-refractivity contribution is -0.110. The van der Waals surface area contributed by atoms with Crippen LogP contribution in [0.1, 0.15) is 19.3 Å². The summed E-state index contributed by atoms with van der Waals surface area (Å²) in [4.78, 5) is 19.8. The van der Waals surface area contributed by atoms with Gasteiger partial charge in [-0.05, 0) is 32.4 Å². The Kier molecular flexibility index (Phi) is 11.0.